The van der Waals surface area contributed by atoms with Crippen LogP contribution < -0.4 is 5.56 Å². The molecule has 0 unspecified atom stereocenters. The topological polar surface area (TPSA) is 76.5 Å². The highest BCUT2D eigenvalue weighted by Gasteiger charge is 2.19. The Morgan fingerprint density at radius 1 is 0.757 bits per heavy atom. The van der Waals surface area contributed by atoms with Crippen LogP contribution in [-0.4, -0.2) is 19.1 Å². The highest BCUT2D eigenvalue weighted by Crippen LogP contribution is 2.27. The minimum Gasteiger partial charge on any atom is -0.283 e. The molecule has 6 aromatic rings. The van der Waals surface area contributed by atoms with Crippen molar-refractivity contribution in [1.29, 1.82) is 5.26 Å². The molecule has 0 atom stereocenters. The molecule has 176 valence electrons. The van der Waals surface area contributed by atoms with Gasteiger partial charge in [-0.3, -0.25) is 13.9 Å². The van der Waals surface area contributed by atoms with Gasteiger partial charge in [0, 0.05) is 16.3 Å². The van der Waals surface area contributed by atoms with Gasteiger partial charge in [-0.1, -0.05) is 72.3 Å². The van der Waals surface area contributed by atoms with Crippen molar-refractivity contribution in [2.24, 2.45) is 0 Å². The summed E-state index contributed by atoms with van der Waals surface area (Å²) in [5.41, 5.74) is 5.10. The summed E-state index contributed by atoms with van der Waals surface area (Å²) in [6.45, 7) is 0. The molecule has 0 aliphatic heterocycles. The molecule has 0 saturated carbocycles. The zero-order valence-electron chi connectivity index (χ0n) is 19.4. The van der Waals surface area contributed by atoms with E-state index in [9.17, 15) is 10.1 Å². The van der Waals surface area contributed by atoms with Gasteiger partial charge in [0.05, 0.1) is 17.3 Å². The minimum atomic E-state index is -0.301. The number of rotatable bonds is 4. The van der Waals surface area contributed by atoms with E-state index in [1.165, 1.54) is 0 Å². The molecular formula is C30H18ClN5O. The molecule has 2 aromatic heterocycles. The second-order valence-corrected chi connectivity index (χ2v) is 8.88. The number of benzene rings is 4. The van der Waals surface area contributed by atoms with Crippen molar-refractivity contribution < 1.29 is 0 Å². The Labute approximate surface area is 217 Å². The first-order valence-electron chi connectivity index (χ1n) is 11.5. The molecule has 0 amide bonds. The van der Waals surface area contributed by atoms with Gasteiger partial charge in [0.1, 0.15) is 12.2 Å². The van der Waals surface area contributed by atoms with Crippen LogP contribution >= 0.6 is 11.6 Å². The van der Waals surface area contributed by atoms with Crippen LogP contribution in [0.2, 0.25) is 5.02 Å². The van der Waals surface area contributed by atoms with Crippen molar-refractivity contribution >= 4 is 22.8 Å². The normalized spacial score (nSPS) is 10.9. The van der Waals surface area contributed by atoms with Crippen LogP contribution in [0.3, 0.4) is 0 Å². The Balaban J connectivity index is 1.59. The molecule has 37 heavy (non-hydrogen) atoms. The van der Waals surface area contributed by atoms with E-state index in [-0.39, 0.29) is 11.1 Å². The first kappa shape index (κ1) is 22.5. The third-order valence-corrected chi connectivity index (χ3v) is 6.41. The zero-order valence-corrected chi connectivity index (χ0v) is 20.2. The maximum Gasteiger partial charge on any atom is 0.286 e. The highest BCUT2D eigenvalue weighted by atomic mass is 35.5. The third-order valence-electron chi connectivity index (χ3n) is 6.16. The van der Waals surface area contributed by atoms with E-state index in [0.29, 0.717) is 33.4 Å². The molecule has 4 aromatic carbocycles. The van der Waals surface area contributed by atoms with E-state index in [1.54, 1.807) is 57.9 Å². The molecular weight excluding hydrogens is 482 g/mol. The number of hydrogen-bond acceptors (Lipinski definition) is 4. The lowest BCUT2D eigenvalue weighted by molar-refractivity contribution is 0.962. The number of nitrogens with zero attached hydrogens (tertiary/aromatic N) is 5. The van der Waals surface area contributed by atoms with Gasteiger partial charge in [0.2, 0.25) is 0 Å². The maximum atomic E-state index is 13.8. The Bertz CT molecular complexity index is 1850. The van der Waals surface area contributed by atoms with Crippen molar-refractivity contribution in [3.05, 3.63) is 130 Å². The molecule has 0 N–H and O–H groups in total. The van der Waals surface area contributed by atoms with Crippen LogP contribution in [0.5, 0.6) is 0 Å². The predicted octanol–water partition coefficient (Wildman–Crippen LogP) is 6.43. The fourth-order valence-corrected chi connectivity index (χ4v) is 4.46. The van der Waals surface area contributed by atoms with Crippen molar-refractivity contribution in [3.8, 4) is 40.0 Å². The molecule has 0 fully saturated rings. The summed E-state index contributed by atoms with van der Waals surface area (Å²) in [7, 11) is 0. The number of aromatic nitrogens is 4. The summed E-state index contributed by atoms with van der Waals surface area (Å²) in [6.07, 6.45) is 1.56. The number of nitriles is 1. The summed E-state index contributed by atoms with van der Waals surface area (Å²) in [5, 5.41) is 9.91. The Morgan fingerprint density at radius 3 is 2.19 bits per heavy atom. The molecule has 0 aliphatic rings. The lowest BCUT2D eigenvalue weighted by Gasteiger charge is -2.14. The van der Waals surface area contributed by atoms with Crippen molar-refractivity contribution in [2.45, 2.75) is 0 Å². The van der Waals surface area contributed by atoms with Gasteiger partial charge in [-0.15, -0.1) is 0 Å². The monoisotopic (exact) mass is 499 g/mol. The summed E-state index contributed by atoms with van der Waals surface area (Å²) >= 11 is 6.12. The van der Waals surface area contributed by atoms with E-state index < -0.39 is 0 Å². The Hall–Kier alpha value is -4.99. The van der Waals surface area contributed by atoms with Crippen LogP contribution in [0, 0.1) is 11.3 Å². The molecule has 0 bridgehead atoms. The van der Waals surface area contributed by atoms with Gasteiger partial charge in [-0.05, 0) is 53.6 Å². The quantitative estimate of drug-likeness (QED) is 0.280. The number of fused-ring (bicyclic) bond motifs is 1. The highest BCUT2D eigenvalue weighted by molar-refractivity contribution is 6.30. The molecule has 6 nitrogen and oxygen atoms in total. The molecule has 7 heteroatoms. The first-order chi connectivity index (χ1) is 18.1. The second-order valence-electron chi connectivity index (χ2n) is 8.44. The van der Waals surface area contributed by atoms with Gasteiger partial charge in [-0.2, -0.15) is 5.26 Å². The molecule has 0 spiro atoms. The standard InChI is InChI=1S/C30H18ClN5O/c31-24-13-15-25(16-14-24)36-28(23-11-9-22(10-12-23)21-6-2-1-3-7-21)34-29-27(30(36)37)33-19-35(29)26-8-4-5-20(17-26)18-32/h1-17,19H. The van der Waals surface area contributed by atoms with Gasteiger partial charge in [0.15, 0.2) is 11.2 Å². The summed E-state index contributed by atoms with van der Waals surface area (Å²) in [4.78, 5) is 23.2. The zero-order chi connectivity index (χ0) is 25.4. The maximum absolute atomic E-state index is 13.8. The van der Waals surface area contributed by atoms with Gasteiger partial charge >= 0.3 is 0 Å². The number of imidazole rings is 1. The molecule has 0 saturated heterocycles. The van der Waals surface area contributed by atoms with Gasteiger partial charge in [-0.25, -0.2) is 9.97 Å². The molecule has 0 aliphatic carbocycles. The van der Waals surface area contributed by atoms with Crippen LogP contribution in [0.25, 0.3) is 45.1 Å². The van der Waals surface area contributed by atoms with Crippen molar-refractivity contribution in [1.82, 2.24) is 19.1 Å². The van der Waals surface area contributed by atoms with Gasteiger partial charge < -0.3 is 0 Å². The van der Waals surface area contributed by atoms with E-state index in [2.05, 4.69) is 23.2 Å². The van der Waals surface area contributed by atoms with E-state index in [4.69, 9.17) is 16.6 Å². The van der Waals surface area contributed by atoms with E-state index in [1.807, 2.05) is 48.5 Å². The predicted molar refractivity (Wildman–Crippen MR) is 145 cm³/mol. The minimum absolute atomic E-state index is 0.224. The average molecular weight is 500 g/mol. The van der Waals surface area contributed by atoms with Crippen LogP contribution in [-0.2, 0) is 0 Å². The van der Waals surface area contributed by atoms with E-state index in [0.717, 1.165) is 16.7 Å². The second kappa shape index (κ2) is 9.23. The SMILES string of the molecule is N#Cc1cccc(-n2cnc3c(=O)n(-c4ccc(Cl)cc4)c(-c4ccc(-c5ccccc5)cc4)nc32)c1. The number of hydrogen-bond donors (Lipinski definition) is 0. The van der Waals surface area contributed by atoms with Crippen molar-refractivity contribution in [2.75, 3.05) is 0 Å². The lowest BCUT2D eigenvalue weighted by Crippen LogP contribution is -2.22. The summed E-state index contributed by atoms with van der Waals surface area (Å²) in [6, 6.07) is 34.3. The average Bonchev–Trinajstić information content (AvgIpc) is 3.39. The largest absolute Gasteiger partial charge is 0.286 e. The fourth-order valence-electron chi connectivity index (χ4n) is 4.33. The summed E-state index contributed by atoms with van der Waals surface area (Å²) in [5.74, 6) is 0.470. The van der Waals surface area contributed by atoms with Crippen LogP contribution in [0.1, 0.15) is 5.56 Å². The molecule has 2 heterocycles. The van der Waals surface area contributed by atoms with E-state index >= 15 is 0 Å². The Morgan fingerprint density at radius 2 is 1.46 bits per heavy atom. The molecule has 0 radical (unpaired) electrons. The van der Waals surface area contributed by atoms with Crippen molar-refractivity contribution in [3.63, 3.8) is 0 Å². The van der Waals surface area contributed by atoms with Crippen LogP contribution in [0.15, 0.2) is 114 Å². The molecule has 6 rings (SSSR count). The summed E-state index contributed by atoms with van der Waals surface area (Å²) < 4.78 is 3.28. The van der Waals surface area contributed by atoms with Gasteiger partial charge in [0.25, 0.3) is 5.56 Å². The third kappa shape index (κ3) is 4.08. The number of halogens is 1. The Kier molecular flexibility index (Phi) is 5.61. The smallest absolute Gasteiger partial charge is 0.283 e. The fraction of sp³-hybridized carbons (Fsp3) is 0. The first-order valence-corrected chi connectivity index (χ1v) is 11.9. The van der Waals surface area contributed by atoms with Crippen LogP contribution in [0.4, 0.5) is 0 Å². The lowest BCUT2D eigenvalue weighted by atomic mass is 10.0.